The molecule has 21 heavy (non-hydrogen) atoms. The minimum Gasteiger partial charge on any atom is -0.329 e. The van der Waals surface area contributed by atoms with Gasteiger partial charge < -0.3 is 10.6 Å². The molecule has 0 spiro atoms. The zero-order valence-corrected chi connectivity index (χ0v) is 13.5. The fourth-order valence-electron chi connectivity index (χ4n) is 4.40. The average Bonchev–Trinajstić information content (AvgIpc) is 2.50. The van der Waals surface area contributed by atoms with Gasteiger partial charge in [-0.3, -0.25) is 4.90 Å². The van der Waals surface area contributed by atoms with Crippen LogP contribution in [0.25, 0.3) is 0 Å². The zero-order chi connectivity index (χ0) is 14.8. The molecular formula is C18H29N3. The minimum atomic E-state index is 0.388. The summed E-state index contributed by atoms with van der Waals surface area (Å²) in [4.78, 5) is 5.22. The molecule has 0 bridgehead atoms. The van der Waals surface area contributed by atoms with Crippen LogP contribution in [0, 0.1) is 12.8 Å². The van der Waals surface area contributed by atoms with Crippen LogP contribution in [0.15, 0.2) is 24.3 Å². The van der Waals surface area contributed by atoms with E-state index in [1.165, 1.54) is 50.0 Å². The van der Waals surface area contributed by atoms with E-state index in [9.17, 15) is 0 Å². The monoisotopic (exact) mass is 287 g/mol. The van der Waals surface area contributed by atoms with Gasteiger partial charge in [-0.15, -0.1) is 0 Å². The third kappa shape index (κ3) is 3.01. The predicted octanol–water partition coefficient (Wildman–Crippen LogP) is 2.41. The second-order valence-electron chi connectivity index (χ2n) is 6.84. The molecule has 2 saturated heterocycles. The maximum atomic E-state index is 6.15. The van der Waals surface area contributed by atoms with E-state index >= 15 is 0 Å². The number of benzene rings is 1. The van der Waals surface area contributed by atoms with E-state index in [1.807, 2.05) is 0 Å². The number of rotatable bonds is 3. The summed E-state index contributed by atoms with van der Waals surface area (Å²) in [6, 6.07) is 9.91. The fourth-order valence-corrected chi connectivity index (χ4v) is 4.40. The minimum absolute atomic E-state index is 0.388. The molecule has 0 aliphatic carbocycles. The van der Waals surface area contributed by atoms with Crippen molar-refractivity contribution in [3.8, 4) is 0 Å². The molecule has 2 N–H and O–H groups in total. The van der Waals surface area contributed by atoms with Gasteiger partial charge in [0.1, 0.15) is 0 Å². The molecule has 2 aliphatic rings. The van der Waals surface area contributed by atoms with Crippen LogP contribution in [0.2, 0.25) is 0 Å². The molecule has 2 aliphatic heterocycles. The molecule has 3 rings (SSSR count). The highest BCUT2D eigenvalue weighted by molar-refractivity contribution is 5.29. The van der Waals surface area contributed by atoms with Crippen LogP contribution < -0.4 is 5.73 Å². The summed E-state index contributed by atoms with van der Waals surface area (Å²) >= 11 is 0. The summed E-state index contributed by atoms with van der Waals surface area (Å²) in [6.07, 6.45) is 4.03. The Morgan fingerprint density at radius 3 is 2.81 bits per heavy atom. The lowest BCUT2D eigenvalue weighted by Gasteiger charge is -2.48. The van der Waals surface area contributed by atoms with Crippen LogP contribution in [-0.2, 0) is 0 Å². The molecule has 3 heteroatoms. The molecule has 116 valence electrons. The zero-order valence-electron chi connectivity index (χ0n) is 13.5. The summed E-state index contributed by atoms with van der Waals surface area (Å²) in [7, 11) is 2.30. The molecule has 1 aromatic carbocycles. The molecule has 1 aromatic rings. The van der Waals surface area contributed by atoms with E-state index in [0.717, 1.165) is 18.5 Å². The first-order valence-corrected chi connectivity index (χ1v) is 8.40. The van der Waals surface area contributed by atoms with Crippen LogP contribution in [0.5, 0.6) is 0 Å². The maximum Gasteiger partial charge on any atom is 0.0473 e. The van der Waals surface area contributed by atoms with Gasteiger partial charge >= 0.3 is 0 Å². The van der Waals surface area contributed by atoms with E-state index in [1.54, 1.807) is 0 Å². The molecule has 3 atom stereocenters. The lowest BCUT2D eigenvalue weighted by molar-refractivity contribution is 0.0210. The third-order valence-corrected chi connectivity index (χ3v) is 5.59. The van der Waals surface area contributed by atoms with Crippen molar-refractivity contribution in [2.24, 2.45) is 11.7 Å². The van der Waals surface area contributed by atoms with Crippen molar-refractivity contribution in [1.82, 2.24) is 9.80 Å². The van der Waals surface area contributed by atoms with E-state index in [0.29, 0.717) is 6.04 Å². The number of aryl methyl sites for hydroxylation is 1. The first-order chi connectivity index (χ1) is 10.2. The highest BCUT2D eigenvalue weighted by atomic mass is 15.2. The lowest BCUT2D eigenvalue weighted by atomic mass is 9.83. The Kier molecular flexibility index (Phi) is 4.63. The first-order valence-electron chi connectivity index (χ1n) is 8.40. The Morgan fingerprint density at radius 1 is 1.24 bits per heavy atom. The molecule has 0 radical (unpaired) electrons. The Morgan fingerprint density at radius 2 is 2.05 bits per heavy atom. The molecule has 0 amide bonds. The molecule has 2 fully saturated rings. The predicted molar refractivity (Wildman–Crippen MR) is 88.3 cm³/mol. The van der Waals surface area contributed by atoms with Crippen LogP contribution in [0.4, 0.5) is 0 Å². The number of piperidine rings is 2. The highest BCUT2D eigenvalue weighted by Gasteiger charge is 2.36. The van der Waals surface area contributed by atoms with Crippen LogP contribution in [0.1, 0.15) is 36.4 Å². The topological polar surface area (TPSA) is 32.5 Å². The summed E-state index contributed by atoms with van der Waals surface area (Å²) in [5.74, 6) is 0.829. The highest BCUT2D eigenvalue weighted by Crippen LogP contribution is 2.34. The van der Waals surface area contributed by atoms with Crippen LogP contribution >= 0.6 is 0 Å². The Bertz CT molecular complexity index is 473. The quantitative estimate of drug-likeness (QED) is 0.926. The van der Waals surface area contributed by atoms with E-state index < -0.39 is 0 Å². The van der Waals surface area contributed by atoms with E-state index in [4.69, 9.17) is 5.73 Å². The fraction of sp³-hybridized carbons (Fsp3) is 0.667. The number of hydrogen-bond donors (Lipinski definition) is 1. The maximum absolute atomic E-state index is 6.15. The van der Waals surface area contributed by atoms with E-state index in [-0.39, 0.29) is 0 Å². The Hall–Kier alpha value is -0.900. The number of nitrogens with zero attached hydrogens (tertiary/aromatic N) is 2. The average molecular weight is 287 g/mol. The van der Waals surface area contributed by atoms with Crippen molar-refractivity contribution in [2.45, 2.75) is 38.3 Å². The molecule has 2 heterocycles. The molecule has 3 unspecified atom stereocenters. The van der Waals surface area contributed by atoms with Crippen LogP contribution in [0.3, 0.4) is 0 Å². The van der Waals surface area contributed by atoms with Crippen molar-refractivity contribution >= 4 is 0 Å². The molecular weight excluding hydrogens is 258 g/mol. The number of likely N-dealkylation sites (tertiary alicyclic amines) is 2. The van der Waals surface area contributed by atoms with Crippen LogP contribution in [-0.4, -0.2) is 49.1 Å². The summed E-state index contributed by atoms with van der Waals surface area (Å²) in [5.41, 5.74) is 8.94. The van der Waals surface area contributed by atoms with Crippen molar-refractivity contribution < 1.29 is 0 Å². The van der Waals surface area contributed by atoms with Gasteiger partial charge in [-0.1, -0.05) is 24.3 Å². The largest absolute Gasteiger partial charge is 0.329 e. The summed E-state index contributed by atoms with van der Waals surface area (Å²) in [5, 5.41) is 0. The smallest absolute Gasteiger partial charge is 0.0473 e. The van der Waals surface area contributed by atoms with Gasteiger partial charge in [0.2, 0.25) is 0 Å². The van der Waals surface area contributed by atoms with Gasteiger partial charge in [-0.25, -0.2) is 0 Å². The molecule has 3 nitrogen and oxygen atoms in total. The standard InChI is InChI=1S/C18H29N3/c1-14-6-3-4-8-16(14)18(12-19)21-11-9-17-15(13-21)7-5-10-20(17)2/h3-4,6,8,15,17-18H,5,7,9-13,19H2,1-2H3. The van der Waals surface area contributed by atoms with Crippen molar-refractivity contribution in [1.29, 1.82) is 0 Å². The van der Waals surface area contributed by atoms with E-state index in [2.05, 4.69) is 48.0 Å². The van der Waals surface area contributed by atoms with Crippen molar-refractivity contribution in [2.75, 3.05) is 33.2 Å². The lowest BCUT2D eigenvalue weighted by Crippen LogP contribution is -2.54. The molecule has 0 aromatic heterocycles. The van der Waals surface area contributed by atoms with Gasteiger partial charge in [0.05, 0.1) is 0 Å². The third-order valence-electron chi connectivity index (χ3n) is 5.59. The second kappa shape index (κ2) is 6.47. The number of nitrogens with two attached hydrogens (primary N) is 1. The van der Waals surface area contributed by atoms with Gasteiger partial charge in [-0.05, 0) is 56.8 Å². The Labute approximate surface area is 129 Å². The van der Waals surface area contributed by atoms with Gasteiger partial charge in [0, 0.05) is 31.7 Å². The Balaban J connectivity index is 1.75. The van der Waals surface area contributed by atoms with Gasteiger partial charge in [0.25, 0.3) is 0 Å². The normalized spacial score (nSPS) is 29.1. The molecule has 0 saturated carbocycles. The number of hydrogen-bond acceptors (Lipinski definition) is 3. The first kappa shape index (κ1) is 15.0. The SMILES string of the molecule is Cc1ccccc1C(CN)N1CCC2C(CCCN2C)C1. The summed E-state index contributed by atoms with van der Waals surface area (Å²) in [6.45, 7) is 6.60. The summed E-state index contributed by atoms with van der Waals surface area (Å²) < 4.78 is 0. The second-order valence-corrected chi connectivity index (χ2v) is 6.84. The van der Waals surface area contributed by atoms with Gasteiger partial charge in [0.15, 0.2) is 0 Å². The van der Waals surface area contributed by atoms with Crippen molar-refractivity contribution in [3.63, 3.8) is 0 Å². The van der Waals surface area contributed by atoms with Crippen molar-refractivity contribution in [3.05, 3.63) is 35.4 Å². The van der Waals surface area contributed by atoms with Gasteiger partial charge in [-0.2, -0.15) is 0 Å². The number of fused-ring (bicyclic) bond motifs is 1.